The predicted octanol–water partition coefficient (Wildman–Crippen LogP) is 12.0. The van der Waals surface area contributed by atoms with Crippen LogP contribution in [0.2, 0.25) is 0 Å². The largest absolute Gasteiger partial charge is 0.478 e. The van der Waals surface area contributed by atoms with E-state index in [1.165, 1.54) is 0 Å². The SMILES string of the molecule is CC(C)N(CCN)C(C)C.CC(C)N(CCNC(=O)c1ccc2nc(-c3ccc(-c4nc5ccc(C(=O)NCCN(C(C)C)C(C)C)cc5[nH]4)cc3)[nH]c2c1)C(C)C.O=C(O)c1ccc2c(c1)CC(c1ccc(C3=Nc4ccc(C(=O)O)cc4C3)cc1)=N2. The number of hydrogen-bond acceptors (Lipinski definition) is 12. The van der Waals surface area contributed by atoms with Gasteiger partial charge in [-0.2, -0.15) is 0 Å². The predicted molar refractivity (Wildman–Crippen MR) is 354 cm³/mol. The number of fused-ring (bicyclic) bond motifs is 4. The third-order valence-electron chi connectivity index (χ3n) is 16.0. The maximum absolute atomic E-state index is 12.9. The van der Waals surface area contributed by atoms with Crippen molar-refractivity contribution in [1.29, 1.82) is 0 Å². The van der Waals surface area contributed by atoms with Crippen LogP contribution >= 0.6 is 0 Å². The van der Waals surface area contributed by atoms with Crippen molar-refractivity contribution in [3.8, 4) is 22.8 Å². The van der Waals surface area contributed by atoms with Crippen LogP contribution < -0.4 is 16.4 Å². The van der Waals surface area contributed by atoms with Crippen molar-refractivity contribution < 1.29 is 29.4 Å². The molecule has 0 bridgehead atoms. The zero-order valence-electron chi connectivity index (χ0n) is 52.9. The monoisotopic (exact) mass is 1190 g/mol. The van der Waals surface area contributed by atoms with Crippen LogP contribution in [0.3, 0.4) is 0 Å². The Balaban J connectivity index is 0.000000211. The van der Waals surface area contributed by atoms with Crippen LogP contribution in [0.1, 0.15) is 147 Å². The molecule has 0 fully saturated rings. The molecule has 18 heteroatoms. The zero-order chi connectivity index (χ0) is 63.5. The molecule has 0 unspecified atom stereocenters. The second-order valence-corrected chi connectivity index (χ2v) is 24.1. The standard InChI is InChI=1S/C38H50N8O2.C24H16N2O4.C8H20N2/c1-23(2)45(24(3)4)19-17-39-37(47)29-13-15-31-33(21-29)43-35(41-31)27-9-11-28(12-10-27)36-42-32-16-14-30(22-34(32)44-36)38(48)40-18-20-46(25(5)6)26(7)8;27-23(28)15-5-7-19-17(9-15)11-21(25-19)13-1-2-14(4-3-13)22-12-18-10-16(24(29)30)6-8-20(18)26-22;1-7(2)10(6-5-9)8(3)4/h9-16,21-26H,17-20H2,1-8H3,(H,39,47)(H,40,48)(H,41,43)(H,42,44);1-10H,11-12H2,(H,27,28)(H,29,30);7-8H,5-6,9H2,1-4H3. The molecule has 8 aromatic rings. The van der Waals surface area contributed by atoms with Crippen molar-refractivity contribution in [3.63, 3.8) is 0 Å². The van der Waals surface area contributed by atoms with E-state index in [4.69, 9.17) is 25.9 Å². The Labute approximate surface area is 516 Å². The van der Waals surface area contributed by atoms with Gasteiger partial charge >= 0.3 is 11.9 Å². The Morgan fingerprint density at radius 1 is 0.455 bits per heavy atom. The number of aromatic amines is 2. The lowest BCUT2D eigenvalue weighted by atomic mass is 9.99. The van der Waals surface area contributed by atoms with Gasteiger partial charge in [-0.05, 0) is 178 Å². The molecule has 6 aromatic carbocycles. The van der Waals surface area contributed by atoms with Gasteiger partial charge in [0.25, 0.3) is 11.8 Å². The number of aliphatic imine (C=N–C) groups is 2. The fraction of sp³-hybridized carbons (Fsp3) is 0.371. The van der Waals surface area contributed by atoms with Crippen molar-refractivity contribution >= 4 is 68.6 Å². The normalized spacial score (nSPS) is 12.8. The molecule has 8 N–H and O–H groups in total. The van der Waals surface area contributed by atoms with E-state index < -0.39 is 11.9 Å². The highest BCUT2D eigenvalue weighted by Crippen LogP contribution is 2.33. The number of H-pyrrole nitrogens is 2. The summed E-state index contributed by atoms with van der Waals surface area (Å²) in [6, 6.07) is 40.0. The molecule has 10 rings (SSSR count). The highest BCUT2D eigenvalue weighted by atomic mass is 16.4. The summed E-state index contributed by atoms with van der Waals surface area (Å²) in [5.74, 6) is -0.618. The molecule has 0 spiro atoms. The number of hydrogen-bond donors (Lipinski definition) is 7. The number of nitrogens with zero attached hydrogens (tertiary/aromatic N) is 7. The molecule has 88 heavy (non-hydrogen) atoms. The van der Waals surface area contributed by atoms with Crippen LogP contribution in [0.5, 0.6) is 0 Å². The number of aromatic nitrogens is 4. The van der Waals surface area contributed by atoms with Crippen LogP contribution in [0.4, 0.5) is 11.4 Å². The van der Waals surface area contributed by atoms with Gasteiger partial charge in [0.1, 0.15) is 11.6 Å². The fourth-order valence-corrected chi connectivity index (χ4v) is 11.5. The van der Waals surface area contributed by atoms with Crippen molar-refractivity contribution in [3.05, 3.63) is 166 Å². The van der Waals surface area contributed by atoms with Gasteiger partial charge in [-0.15, -0.1) is 0 Å². The van der Waals surface area contributed by atoms with Crippen LogP contribution in [-0.2, 0) is 12.8 Å². The number of carbonyl (C=O) groups excluding carboxylic acids is 2. The first-order chi connectivity index (χ1) is 42.0. The van der Waals surface area contributed by atoms with Crippen molar-refractivity contribution in [2.24, 2.45) is 15.7 Å². The van der Waals surface area contributed by atoms with Crippen molar-refractivity contribution in [2.75, 3.05) is 39.3 Å². The number of carboxylic acid groups (broad SMARTS) is 2. The number of imidazole rings is 2. The number of nitrogens with one attached hydrogen (secondary N) is 4. The van der Waals surface area contributed by atoms with Crippen molar-refractivity contribution in [1.82, 2.24) is 45.3 Å². The molecule has 4 heterocycles. The molecular weight excluding hydrogens is 1100 g/mol. The lowest BCUT2D eigenvalue weighted by Gasteiger charge is -2.30. The quantitative estimate of drug-likeness (QED) is 0.0335. The Morgan fingerprint density at radius 2 is 0.784 bits per heavy atom. The van der Waals surface area contributed by atoms with E-state index in [0.717, 1.165) is 116 Å². The number of benzene rings is 6. The van der Waals surface area contributed by atoms with E-state index in [1.807, 2.05) is 84.9 Å². The summed E-state index contributed by atoms with van der Waals surface area (Å²) in [4.78, 5) is 80.8. The summed E-state index contributed by atoms with van der Waals surface area (Å²) in [5, 5.41) is 24.4. The first-order valence-corrected chi connectivity index (χ1v) is 30.6. The number of amides is 2. The number of rotatable bonds is 22. The Hall–Kier alpha value is -8.68. The molecule has 2 aromatic heterocycles. The van der Waals surface area contributed by atoms with Gasteiger partial charge < -0.3 is 36.5 Å². The molecular formula is C70H86N12O6. The highest BCUT2D eigenvalue weighted by Gasteiger charge is 2.22. The van der Waals surface area contributed by atoms with E-state index in [0.29, 0.717) is 73.3 Å². The van der Waals surface area contributed by atoms with E-state index in [1.54, 1.807) is 36.4 Å². The topological polar surface area (TPSA) is 251 Å². The highest BCUT2D eigenvalue weighted by molar-refractivity contribution is 6.10. The van der Waals surface area contributed by atoms with E-state index in [-0.39, 0.29) is 22.9 Å². The maximum Gasteiger partial charge on any atom is 0.335 e. The van der Waals surface area contributed by atoms with Crippen LogP contribution in [-0.4, -0.2) is 156 Å². The van der Waals surface area contributed by atoms with Crippen molar-refractivity contribution in [2.45, 2.75) is 132 Å². The van der Waals surface area contributed by atoms with Gasteiger partial charge in [-0.1, -0.05) is 48.5 Å². The molecule has 2 amide bonds. The molecule has 0 aliphatic carbocycles. The van der Waals surface area contributed by atoms with Crippen LogP contribution in [0.15, 0.2) is 131 Å². The molecule has 0 saturated heterocycles. The van der Waals surface area contributed by atoms with Gasteiger partial charge in [0, 0.05) is 111 Å². The first-order valence-electron chi connectivity index (χ1n) is 30.6. The number of nitrogens with two attached hydrogens (primary N) is 1. The number of carboxylic acids is 2. The minimum atomic E-state index is -0.940. The first kappa shape index (κ1) is 65.3. The summed E-state index contributed by atoms with van der Waals surface area (Å²) in [6.45, 7) is 30.8. The minimum absolute atomic E-state index is 0.0944. The molecule has 0 saturated carbocycles. The van der Waals surface area contributed by atoms with Crippen LogP contribution in [0, 0.1) is 0 Å². The number of aromatic carboxylic acids is 2. The van der Waals surface area contributed by atoms with Gasteiger partial charge in [-0.25, -0.2) is 19.6 Å². The third kappa shape index (κ3) is 16.3. The zero-order valence-corrected chi connectivity index (χ0v) is 52.9. The van der Waals surface area contributed by atoms with Gasteiger partial charge in [0.15, 0.2) is 0 Å². The van der Waals surface area contributed by atoms with Crippen LogP contribution in [0.25, 0.3) is 44.8 Å². The fourth-order valence-electron chi connectivity index (χ4n) is 11.5. The molecule has 2 aliphatic heterocycles. The van der Waals surface area contributed by atoms with E-state index >= 15 is 0 Å². The molecule has 462 valence electrons. The smallest absolute Gasteiger partial charge is 0.335 e. The Kier molecular flexibility index (Phi) is 21.8. The van der Waals surface area contributed by atoms with E-state index in [2.05, 4.69) is 128 Å². The summed E-state index contributed by atoms with van der Waals surface area (Å²) in [6.07, 6.45) is 1.19. The maximum atomic E-state index is 12.9. The van der Waals surface area contributed by atoms with E-state index in [9.17, 15) is 19.2 Å². The lowest BCUT2D eigenvalue weighted by Crippen LogP contribution is -2.42. The van der Waals surface area contributed by atoms with Gasteiger partial charge in [0.05, 0.1) is 56.0 Å². The number of carbonyl (C=O) groups is 4. The van der Waals surface area contributed by atoms with Gasteiger partial charge in [0.2, 0.25) is 0 Å². The second kappa shape index (κ2) is 29.3. The second-order valence-electron chi connectivity index (χ2n) is 24.1. The Bertz CT molecular complexity index is 3560. The van der Waals surface area contributed by atoms with Gasteiger partial charge in [-0.3, -0.25) is 34.3 Å². The average Bonchev–Trinajstić information content (AvgIpc) is 2.88. The average molecular weight is 1190 g/mol. The Morgan fingerprint density at radius 3 is 1.10 bits per heavy atom. The molecule has 18 nitrogen and oxygen atoms in total. The minimum Gasteiger partial charge on any atom is -0.478 e. The summed E-state index contributed by atoms with van der Waals surface area (Å²) in [7, 11) is 0. The molecule has 0 atom stereocenters. The molecule has 2 aliphatic rings. The third-order valence-corrected chi connectivity index (χ3v) is 16.0. The lowest BCUT2D eigenvalue weighted by molar-refractivity contribution is 0.0686. The molecule has 0 radical (unpaired) electrons. The summed E-state index contributed by atoms with van der Waals surface area (Å²) < 4.78 is 0. The summed E-state index contributed by atoms with van der Waals surface area (Å²) in [5.41, 5.74) is 19.5. The summed E-state index contributed by atoms with van der Waals surface area (Å²) >= 11 is 0.